The molecule has 8 heteroatoms. The Balaban J connectivity index is 1.35. The molecule has 0 spiro atoms. The van der Waals surface area contributed by atoms with Crippen LogP contribution in [0.25, 0.3) is 38.1 Å². The number of carbonyl (C=O) groups excluding carboxylic acids is 1. The molecule has 178 valence electrons. The van der Waals surface area contributed by atoms with Crippen molar-refractivity contribution in [3.63, 3.8) is 0 Å². The van der Waals surface area contributed by atoms with E-state index < -0.39 is 0 Å². The van der Waals surface area contributed by atoms with Crippen molar-refractivity contribution in [1.82, 2.24) is 9.38 Å². The number of anilines is 1. The van der Waals surface area contributed by atoms with Crippen LogP contribution in [0.2, 0.25) is 0 Å². The van der Waals surface area contributed by atoms with Crippen molar-refractivity contribution < 1.29 is 19.0 Å². The van der Waals surface area contributed by atoms with Gasteiger partial charge in [-0.1, -0.05) is 18.2 Å². The highest BCUT2D eigenvalue weighted by Gasteiger charge is 2.18. The van der Waals surface area contributed by atoms with E-state index in [0.717, 1.165) is 32.7 Å². The Labute approximate surface area is 205 Å². The lowest BCUT2D eigenvalue weighted by atomic mass is 10.1. The maximum Gasteiger partial charge on any atom is 0.263 e. The van der Waals surface area contributed by atoms with E-state index in [-0.39, 0.29) is 18.1 Å². The molecule has 0 radical (unpaired) electrons. The van der Waals surface area contributed by atoms with Gasteiger partial charge in [0.15, 0.2) is 6.61 Å². The predicted molar refractivity (Wildman–Crippen MR) is 139 cm³/mol. The maximum absolute atomic E-state index is 13.4. The van der Waals surface area contributed by atoms with Gasteiger partial charge in [-0.2, -0.15) is 0 Å². The van der Waals surface area contributed by atoms with Crippen molar-refractivity contribution in [2.24, 2.45) is 0 Å². The number of hydrogen-bond donors (Lipinski definition) is 1. The Hall–Kier alpha value is -4.85. The van der Waals surface area contributed by atoms with Crippen LogP contribution < -0.4 is 25.1 Å². The lowest BCUT2D eigenvalue weighted by molar-refractivity contribution is -0.118. The van der Waals surface area contributed by atoms with Crippen LogP contribution in [0.1, 0.15) is 0 Å². The monoisotopic (exact) mass is 479 g/mol. The number of carbonyl (C=O) groups is 1. The van der Waals surface area contributed by atoms with Gasteiger partial charge in [-0.15, -0.1) is 0 Å². The number of hydrogen-bond acceptors (Lipinski definition) is 6. The molecule has 0 aliphatic rings. The molecule has 6 rings (SSSR count). The molecule has 0 aliphatic carbocycles. The quantitative estimate of drug-likeness (QED) is 0.351. The van der Waals surface area contributed by atoms with E-state index in [9.17, 15) is 9.59 Å². The van der Waals surface area contributed by atoms with E-state index in [0.29, 0.717) is 28.3 Å². The third-order valence-electron chi connectivity index (χ3n) is 6.31. The number of pyridine rings is 2. The second-order valence-electron chi connectivity index (χ2n) is 8.32. The zero-order valence-electron chi connectivity index (χ0n) is 19.6. The first-order valence-electron chi connectivity index (χ1n) is 11.3. The van der Waals surface area contributed by atoms with Crippen molar-refractivity contribution in [1.29, 1.82) is 0 Å². The third-order valence-corrected chi connectivity index (χ3v) is 6.31. The summed E-state index contributed by atoms with van der Waals surface area (Å²) in [6.45, 7) is -0.207. The Morgan fingerprint density at radius 2 is 1.69 bits per heavy atom. The first kappa shape index (κ1) is 21.7. The smallest absolute Gasteiger partial charge is 0.263 e. The largest absolute Gasteiger partial charge is 0.497 e. The average Bonchev–Trinajstić information content (AvgIpc) is 3.25. The zero-order valence-corrected chi connectivity index (χ0v) is 19.6. The van der Waals surface area contributed by atoms with Crippen molar-refractivity contribution in [3.05, 3.63) is 83.3 Å². The number of nitrogens with one attached hydrogen (secondary N) is 1. The van der Waals surface area contributed by atoms with Crippen LogP contribution in [-0.4, -0.2) is 36.1 Å². The Morgan fingerprint density at radius 3 is 2.50 bits per heavy atom. The lowest BCUT2D eigenvalue weighted by Gasteiger charge is -2.12. The zero-order chi connectivity index (χ0) is 24.8. The van der Waals surface area contributed by atoms with Crippen LogP contribution in [0, 0.1) is 0 Å². The normalized spacial score (nSPS) is 11.4. The van der Waals surface area contributed by atoms with Crippen LogP contribution in [0.15, 0.2) is 77.7 Å². The van der Waals surface area contributed by atoms with Gasteiger partial charge in [0.2, 0.25) is 0 Å². The van der Waals surface area contributed by atoms with E-state index in [1.165, 1.54) is 7.11 Å². The van der Waals surface area contributed by atoms with Gasteiger partial charge >= 0.3 is 0 Å². The van der Waals surface area contributed by atoms with Gasteiger partial charge in [0.05, 0.1) is 36.5 Å². The number of nitrogens with zero attached hydrogens (tertiary/aromatic N) is 2. The fourth-order valence-electron chi connectivity index (χ4n) is 4.69. The summed E-state index contributed by atoms with van der Waals surface area (Å²) in [5.41, 5.74) is 2.70. The Kier molecular flexibility index (Phi) is 5.07. The number of fused-ring (bicyclic) bond motifs is 5. The van der Waals surface area contributed by atoms with Crippen LogP contribution in [0.4, 0.5) is 5.69 Å². The highest BCUT2D eigenvalue weighted by molar-refractivity contribution is 6.18. The molecular formula is C28H21N3O5. The minimum atomic E-state index is -0.348. The first-order valence-corrected chi connectivity index (χ1v) is 11.3. The Bertz CT molecular complexity index is 1840. The van der Waals surface area contributed by atoms with E-state index in [4.69, 9.17) is 14.2 Å². The van der Waals surface area contributed by atoms with Crippen LogP contribution in [0.5, 0.6) is 17.2 Å². The number of benzene rings is 3. The van der Waals surface area contributed by atoms with Crippen molar-refractivity contribution in [2.45, 2.75) is 0 Å². The molecule has 3 aromatic heterocycles. The van der Waals surface area contributed by atoms with Crippen LogP contribution >= 0.6 is 0 Å². The van der Waals surface area contributed by atoms with Crippen molar-refractivity contribution >= 4 is 49.7 Å². The van der Waals surface area contributed by atoms with E-state index in [1.807, 2.05) is 42.5 Å². The standard InChI is InChI=1S/C28H21N3O5/c1-34-16-8-10-24(35-2)22(14-16)30-25(32)15-36-17-7-9-23-21(13-17)19-11-12-29-26-18-5-3-4-6-20(18)28(33)31(23)27(19)26/h3-14H,15H2,1-2H3,(H,30,32). The topological polar surface area (TPSA) is 91.2 Å². The average molecular weight is 479 g/mol. The van der Waals surface area contributed by atoms with Crippen LogP contribution in [0.3, 0.4) is 0 Å². The molecule has 0 saturated heterocycles. The summed E-state index contributed by atoms with van der Waals surface area (Å²) in [4.78, 5) is 30.6. The molecule has 6 aromatic rings. The van der Waals surface area contributed by atoms with Crippen molar-refractivity contribution in [2.75, 3.05) is 26.1 Å². The molecule has 0 unspecified atom stereocenters. The minimum Gasteiger partial charge on any atom is -0.497 e. The van der Waals surface area contributed by atoms with Gasteiger partial charge in [0.25, 0.3) is 11.5 Å². The first-order chi connectivity index (χ1) is 17.6. The molecule has 3 heterocycles. The van der Waals surface area contributed by atoms with Gasteiger partial charge in [-0.25, -0.2) is 0 Å². The molecule has 0 saturated carbocycles. The van der Waals surface area contributed by atoms with Crippen molar-refractivity contribution in [3.8, 4) is 17.2 Å². The molecule has 0 bridgehead atoms. The SMILES string of the molecule is COc1ccc(OC)c(NC(=O)COc2ccc3c(c2)c2ccnc4c5ccccc5c(=O)n3c24)c1. The molecule has 0 atom stereocenters. The number of methoxy groups -OCH3 is 2. The van der Waals surface area contributed by atoms with E-state index in [1.54, 1.807) is 42.0 Å². The van der Waals surface area contributed by atoms with Gasteiger partial charge in [0, 0.05) is 33.8 Å². The summed E-state index contributed by atoms with van der Waals surface area (Å²) < 4.78 is 18.1. The fraction of sp³-hybridized carbons (Fsp3) is 0.107. The van der Waals surface area contributed by atoms with Gasteiger partial charge < -0.3 is 19.5 Å². The number of amides is 1. The van der Waals surface area contributed by atoms with E-state index in [2.05, 4.69) is 10.3 Å². The highest BCUT2D eigenvalue weighted by atomic mass is 16.5. The summed E-state index contributed by atoms with van der Waals surface area (Å²) in [7, 11) is 3.08. The van der Waals surface area contributed by atoms with Crippen LogP contribution in [-0.2, 0) is 4.79 Å². The molecule has 3 aromatic carbocycles. The molecule has 0 aliphatic heterocycles. The molecule has 1 amide bonds. The molecule has 1 N–H and O–H groups in total. The molecular weight excluding hydrogens is 458 g/mol. The lowest BCUT2D eigenvalue weighted by Crippen LogP contribution is -2.20. The highest BCUT2D eigenvalue weighted by Crippen LogP contribution is 2.34. The summed E-state index contributed by atoms with van der Waals surface area (Å²) in [5.74, 6) is 1.27. The fourth-order valence-corrected chi connectivity index (χ4v) is 4.69. The van der Waals surface area contributed by atoms with E-state index >= 15 is 0 Å². The summed E-state index contributed by atoms with van der Waals surface area (Å²) >= 11 is 0. The molecule has 0 fully saturated rings. The number of ether oxygens (including phenoxy) is 3. The van der Waals surface area contributed by atoms with Gasteiger partial charge in [-0.05, 0) is 42.5 Å². The molecule has 8 nitrogen and oxygen atoms in total. The number of aromatic nitrogens is 2. The number of rotatable bonds is 6. The summed E-state index contributed by atoms with van der Waals surface area (Å²) in [5, 5.41) is 5.98. The summed E-state index contributed by atoms with van der Waals surface area (Å²) in [6.07, 6.45) is 1.75. The molecule has 36 heavy (non-hydrogen) atoms. The maximum atomic E-state index is 13.4. The van der Waals surface area contributed by atoms with Gasteiger partial charge in [-0.3, -0.25) is 19.0 Å². The second kappa shape index (κ2) is 8.42. The van der Waals surface area contributed by atoms with Gasteiger partial charge in [0.1, 0.15) is 17.2 Å². The Morgan fingerprint density at radius 1 is 0.889 bits per heavy atom. The second-order valence-corrected chi connectivity index (χ2v) is 8.32. The minimum absolute atomic E-state index is 0.0913. The third kappa shape index (κ3) is 3.34. The predicted octanol–water partition coefficient (Wildman–Crippen LogP) is 4.63. The summed E-state index contributed by atoms with van der Waals surface area (Å²) in [6, 6.07) is 20.0.